The van der Waals surface area contributed by atoms with Gasteiger partial charge in [-0.05, 0) is 38.8 Å². The summed E-state index contributed by atoms with van der Waals surface area (Å²) in [6.45, 7) is 7.41. The molecule has 0 aromatic heterocycles. The number of nitrogen functional groups attached to an aromatic ring is 1. The third kappa shape index (κ3) is 4.28. The largest absolute Gasteiger partial charge is 0.489 e. The van der Waals surface area contributed by atoms with Gasteiger partial charge >= 0.3 is 0 Å². The van der Waals surface area contributed by atoms with E-state index in [4.69, 9.17) is 10.5 Å². The Kier molecular flexibility index (Phi) is 4.94. The molecule has 0 spiro atoms. The number of hydrogen-bond acceptors (Lipinski definition) is 4. The van der Waals surface area contributed by atoms with Crippen molar-refractivity contribution in [1.82, 2.24) is 5.32 Å². The molecule has 5 nitrogen and oxygen atoms in total. The van der Waals surface area contributed by atoms with E-state index in [1.165, 1.54) is 0 Å². The predicted molar refractivity (Wildman–Crippen MR) is 85.7 cm³/mol. The molecule has 0 unspecified atom stereocenters. The number of carbonyl (C=O) groups is 1. The Balaban J connectivity index is 2.01. The fourth-order valence-electron chi connectivity index (χ4n) is 2.65. The van der Waals surface area contributed by atoms with E-state index < -0.39 is 0 Å². The van der Waals surface area contributed by atoms with Crippen LogP contribution in [0.25, 0.3) is 0 Å². The number of hydrogen-bond donors (Lipinski definition) is 2. The zero-order valence-corrected chi connectivity index (χ0v) is 13.1. The van der Waals surface area contributed by atoms with Gasteiger partial charge in [-0.15, -0.1) is 0 Å². The van der Waals surface area contributed by atoms with Crippen molar-refractivity contribution in [1.29, 1.82) is 0 Å². The van der Waals surface area contributed by atoms with Crippen LogP contribution in [0.15, 0.2) is 18.2 Å². The summed E-state index contributed by atoms with van der Waals surface area (Å²) < 4.78 is 5.74. The molecule has 0 bridgehead atoms. The molecule has 3 N–H and O–H groups in total. The standard InChI is InChI=1S/C16H25N3O2/c1-11(2)21-16-10-14(4-5-15(16)17)19-8-6-13(7-9-19)18-12(3)20/h4-5,10-11,13H,6-9,17H2,1-3H3,(H,18,20). The number of rotatable bonds is 4. The van der Waals surface area contributed by atoms with E-state index in [1.54, 1.807) is 6.92 Å². The number of ether oxygens (including phenoxy) is 1. The highest BCUT2D eigenvalue weighted by Crippen LogP contribution is 2.30. The van der Waals surface area contributed by atoms with E-state index >= 15 is 0 Å². The van der Waals surface area contributed by atoms with Gasteiger partial charge in [-0.3, -0.25) is 4.79 Å². The second-order valence-corrected chi connectivity index (χ2v) is 5.85. The summed E-state index contributed by atoms with van der Waals surface area (Å²) in [7, 11) is 0. The zero-order valence-electron chi connectivity index (χ0n) is 13.1. The smallest absolute Gasteiger partial charge is 0.217 e. The van der Waals surface area contributed by atoms with E-state index in [0.717, 1.165) is 37.4 Å². The van der Waals surface area contributed by atoms with Gasteiger partial charge in [-0.1, -0.05) is 0 Å². The molecule has 5 heteroatoms. The molecule has 0 saturated carbocycles. The van der Waals surface area contributed by atoms with Crippen molar-refractivity contribution in [3.63, 3.8) is 0 Å². The lowest BCUT2D eigenvalue weighted by Crippen LogP contribution is -2.44. The van der Waals surface area contributed by atoms with Gasteiger partial charge in [-0.2, -0.15) is 0 Å². The number of nitrogens with zero attached hydrogens (tertiary/aromatic N) is 1. The van der Waals surface area contributed by atoms with Crippen LogP contribution in [-0.2, 0) is 4.79 Å². The van der Waals surface area contributed by atoms with Gasteiger partial charge in [0.25, 0.3) is 0 Å². The Morgan fingerprint density at radius 2 is 2.05 bits per heavy atom. The van der Waals surface area contributed by atoms with Crippen LogP contribution in [0.4, 0.5) is 11.4 Å². The number of amides is 1. The molecule has 1 heterocycles. The Bertz CT molecular complexity index is 494. The minimum absolute atomic E-state index is 0.0496. The summed E-state index contributed by atoms with van der Waals surface area (Å²) in [6.07, 6.45) is 2.03. The summed E-state index contributed by atoms with van der Waals surface area (Å²) in [5, 5.41) is 2.99. The van der Waals surface area contributed by atoms with E-state index in [0.29, 0.717) is 11.7 Å². The lowest BCUT2D eigenvalue weighted by molar-refractivity contribution is -0.119. The fraction of sp³-hybridized carbons (Fsp3) is 0.562. The van der Waals surface area contributed by atoms with Gasteiger partial charge < -0.3 is 20.7 Å². The molecule has 1 fully saturated rings. The molecular formula is C16H25N3O2. The van der Waals surface area contributed by atoms with Crippen molar-refractivity contribution >= 4 is 17.3 Å². The minimum atomic E-state index is 0.0496. The van der Waals surface area contributed by atoms with Gasteiger partial charge in [0, 0.05) is 37.8 Å². The lowest BCUT2D eigenvalue weighted by Gasteiger charge is -2.34. The lowest BCUT2D eigenvalue weighted by atomic mass is 10.0. The quantitative estimate of drug-likeness (QED) is 0.834. The molecule has 1 aliphatic heterocycles. The number of piperidine rings is 1. The van der Waals surface area contributed by atoms with Crippen molar-refractivity contribution in [2.24, 2.45) is 0 Å². The molecule has 1 aromatic rings. The Hall–Kier alpha value is -1.91. The molecule has 0 atom stereocenters. The monoisotopic (exact) mass is 291 g/mol. The van der Waals surface area contributed by atoms with Crippen molar-refractivity contribution in [2.45, 2.75) is 45.8 Å². The minimum Gasteiger partial charge on any atom is -0.489 e. The van der Waals surface area contributed by atoms with Gasteiger partial charge in [0.2, 0.25) is 5.91 Å². The maximum absolute atomic E-state index is 11.1. The van der Waals surface area contributed by atoms with Crippen LogP contribution in [0.2, 0.25) is 0 Å². The SMILES string of the molecule is CC(=O)NC1CCN(c2ccc(N)c(OC(C)C)c2)CC1. The molecule has 2 rings (SSSR count). The number of carbonyl (C=O) groups excluding carboxylic acids is 1. The van der Waals surface area contributed by atoms with E-state index in [2.05, 4.69) is 10.2 Å². The van der Waals surface area contributed by atoms with Gasteiger partial charge in [-0.25, -0.2) is 0 Å². The molecule has 0 radical (unpaired) electrons. The topological polar surface area (TPSA) is 67.6 Å². The first kappa shape index (κ1) is 15.5. The third-order valence-electron chi connectivity index (χ3n) is 3.63. The first-order valence-electron chi connectivity index (χ1n) is 7.54. The van der Waals surface area contributed by atoms with Crippen LogP contribution >= 0.6 is 0 Å². The highest BCUT2D eigenvalue weighted by molar-refractivity contribution is 5.73. The van der Waals surface area contributed by atoms with Crippen LogP contribution in [0.3, 0.4) is 0 Å². The van der Waals surface area contributed by atoms with Gasteiger partial charge in [0.15, 0.2) is 0 Å². The van der Waals surface area contributed by atoms with Crippen molar-refractivity contribution in [3.8, 4) is 5.75 Å². The van der Waals surface area contributed by atoms with Crippen LogP contribution in [0, 0.1) is 0 Å². The summed E-state index contributed by atoms with van der Waals surface area (Å²) in [6, 6.07) is 6.22. The van der Waals surface area contributed by atoms with E-state index in [9.17, 15) is 4.79 Å². The van der Waals surface area contributed by atoms with Gasteiger partial charge in [0.1, 0.15) is 5.75 Å². The van der Waals surface area contributed by atoms with Crippen molar-refractivity contribution in [2.75, 3.05) is 23.7 Å². The molecular weight excluding hydrogens is 266 g/mol. The Morgan fingerprint density at radius 3 is 2.62 bits per heavy atom. The van der Waals surface area contributed by atoms with Crippen molar-refractivity contribution in [3.05, 3.63) is 18.2 Å². The first-order chi connectivity index (χ1) is 9.95. The Morgan fingerprint density at radius 1 is 1.38 bits per heavy atom. The number of nitrogens with two attached hydrogens (primary N) is 1. The molecule has 1 aromatic carbocycles. The number of anilines is 2. The number of nitrogens with one attached hydrogen (secondary N) is 1. The summed E-state index contributed by atoms with van der Waals surface area (Å²) in [4.78, 5) is 13.4. The van der Waals surface area contributed by atoms with Crippen LogP contribution in [0.5, 0.6) is 5.75 Å². The highest BCUT2D eigenvalue weighted by Gasteiger charge is 2.20. The summed E-state index contributed by atoms with van der Waals surface area (Å²) in [5.74, 6) is 0.792. The average Bonchev–Trinajstić information content (AvgIpc) is 2.41. The zero-order chi connectivity index (χ0) is 15.4. The first-order valence-corrected chi connectivity index (χ1v) is 7.54. The molecule has 0 aliphatic carbocycles. The molecule has 21 heavy (non-hydrogen) atoms. The third-order valence-corrected chi connectivity index (χ3v) is 3.63. The van der Waals surface area contributed by atoms with Gasteiger partial charge in [0.05, 0.1) is 11.8 Å². The number of benzene rings is 1. The van der Waals surface area contributed by atoms with Crippen LogP contribution < -0.4 is 20.7 Å². The van der Waals surface area contributed by atoms with Crippen LogP contribution in [0.1, 0.15) is 33.6 Å². The molecule has 116 valence electrons. The van der Waals surface area contributed by atoms with E-state index in [1.807, 2.05) is 32.0 Å². The van der Waals surface area contributed by atoms with Crippen LogP contribution in [-0.4, -0.2) is 31.1 Å². The summed E-state index contributed by atoms with van der Waals surface area (Å²) in [5.41, 5.74) is 7.75. The second kappa shape index (κ2) is 6.70. The maximum atomic E-state index is 11.1. The normalized spacial score (nSPS) is 16.1. The second-order valence-electron chi connectivity index (χ2n) is 5.85. The Labute approximate surface area is 126 Å². The van der Waals surface area contributed by atoms with Crippen molar-refractivity contribution < 1.29 is 9.53 Å². The van der Waals surface area contributed by atoms with E-state index in [-0.39, 0.29) is 12.0 Å². The molecule has 1 aliphatic rings. The average molecular weight is 291 g/mol. The molecule has 1 amide bonds. The highest BCUT2D eigenvalue weighted by atomic mass is 16.5. The summed E-state index contributed by atoms with van der Waals surface area (Å²) >= 11 is 0. The fourth-order valence-corrected chi connectivity index (χ4v) is 2.65. The molecule has 1 saturated heterocycles. The predicted octanol–water partition coefficient (Wildman–Crippen LogP) is 2.16. The maximum Gasteiger partial charge on any atom is 0.217 e.